The SMILES string of the molecule is O=C1CCC(C2CCC(OCCCCF)CC2)CC1. The molecule has 0 aromatic carbocycles. The molecular formula is C16H27FO2. The van der Waals surface area contributed by atoms with Crippen LogP contribution in [-0.2, 0) is 9.53 Å². The Morgan fingerprint density at radius 3 is 2.21 bits per heavy atom. The van der Waals surface area contributed by atoms with Gasteiger partial charge < -0.3 is 4.74 Å². The third-order valence-corrected chi connectivity index (χ3v) is 4.85. The summed E-state index contributed by atoms with van der Waals surface area (Å²) in [4.78, 5) is 11.3. The van der Waals surface area contributed by atoms with E-state index in [1.54, 1.807) is 0 Å². The Bertz CT molecular complexity index is 262. The summed E-state index contributed by atoms with van der Waals surface area (Å²) in [7, 11) is 0. The highest BCUT2D eigenvalue weighted by Gasteiger charge is 2.30. The van der Waals surface area contributed by atoms with Crippen LogP contribution in [0.5, 0.6) is 0 Å². The first kappa shape index (κ1) is 15.0. The first-order valence-electron chi connectivity index (χ1n) is 7.99. The molecule has 0 amide bonds. The molecule has 0 atom stereocenters. The minimum Gasteiger partial charge on any atom is -0.378 e. The normalized spacial score (nSPS) is 29.6. The highest BCUT2D eigenvalue weighted by molar-refractivity contribution is 5.79. The summed E-state index contributed by atoms with van der Waals surface area (Å²) in [6, 6.07) is 0. The van der Waals surface area contributed by atoms with Crippen molar-refractivity contribution in [3.63, 3.8) is 0 Å². The molecule has 2 aliphatic carbocycles. The maximum atomic E-state index is 12.0. The monoisotopic (exact) mass is 270 g/mol. The lowest BCUT2D eigenvalue weighted by Crippen LogP contribution is -2.28. The Labute approximate surface area is 116 Å². The minimum atomic E-state index is -0.226. The summed E-state index contributed by atoms with van der Waals surface area (Å²) >= 11 is 0. The molecule has 19 heavy (non-hydrogen) atoms. The van der Waals surface area contributed by atoms with E-state index in [9.17, 15) is 9.18 Å². The fourth-order valence-corrected chi connectivity index (χ4v) is 3.61. The lowest BCUT2D eigenvalue weighted by molar-refractivity contribution is -0.121. The van der Waals surface area contributed by atoms with Crippen LogP contribution in [0, 0.1) is 11.8 Å². The van der Waals surface area contributed by atoms with Crippen LogP contribution < -0.4 is 0 Å². The number of carbonyl (C=O) groups is 1. The van der Waals surface area contributed by atoms with E-state index in [0.29, 0.717) is 18.3 Å². The average molecular weight is 270 g/mol. The molecule has 110 valence electrons. The third-order valence-electron chi connectivity index (χ3n) is 4.85. The average Bonchev–Trinajstić information content (AvgIpc) is 2.45. The van der Waals surface area contributed by atoms with Crippen LogP contribution in [-0.4, -0.2) is 25.2 Å². The lowest BCUT2D eigenvalue weighted by Gasteiger charge is -2.35. The van der Waals surface area contributed by atoms with Gasteiger partial charge in [0.15, 0.2) is 0 Å². The summed E-state index contributed by atoms with van der Waals surface area (Å²) in [5.41, 5.74) is 0. The van der Waals surface area contributed by atoms with Crippen LogP contribution in [0.4, 0.5) is 4.39 Å². The molecule has 2 fully saturated rings. The standard InChI is InChI=1S/C16H27FO2/c17-11-1-2-12-19-16-9-5-14(6-10-16)13-3-7-15(18)8-4-13/h13-14,16H,1-12H2. The fourth-order valence-electron chi connectivity index (χ4n) is 3.61. The third kappa shape index (κ3) is 4.87. The number of ether oxygens (including phenoxy) is 1. The molecule has 0 aromatic heterocycles. The predicted molar refractivity (Wildman–Crippen MR) is 73.9 cm³/mol. The summed E-state index contributed by atoms with van der Waals surface area (Å²) in [6.45, 7) is 0.494. The summed E-state index contributed by atoms with van der Waals surface area (Å²) in [5, 5.41) is 0. The molecular weight excluding hydrogens is 243 g/mol. The van der Waals surface area contributed by atoms with Gasteiger partial charge in [0.05, 0.1) is 12.8 Å². The van der Waals surface area contributed by atoms with Crippen LogP contribution in [0.15, 0.2) is 0 Å². The zero-order valence-corrected chi connectivity index (χ0v) is 11.9. The van der Waals surface area contributed by atoms with E-state index in [4.69, 9.17) is 4.74 Å². The van der Waals surface area contributed by atoms with E-state index in [0.717, 1.165) is 63.4 Å². The number of Topliss-reactive ketones (excluding diaryl/α,β-unsaturated/α-hetero) is 1. The van der Waals surface area contributed by atoms with Crippen LogP contribution in [0.2, 0.25) is 0 Å². The van der Waals surface area contributed by atoms with Crippen molar-refractivity contribution in [1.29, 1.82) is 0 Å². The van der Waals surface area contributed by atoms with Gasteiger partial charge >= 0.3 is 0 Å². The lowest BCUT2D eigenvalue weighted by atomic mass is 9.72. The Kier molecular flexibility index (Phi) is 6.29. The van der Waals surface area contributed by atoms with Gasteiger partial charge in [-0.15, -0.1) is 0 Å². The molecule has 0 saturated heterocycles. The fraction of sp³-hybridized carbons (Fsp3) is 0.938. The zero-order valence-electron chi connectivity index (χ0n) is 11.9. The van der Waals surface area contributed by atoms with Crippen molar-refractivity contribution in [1.82, 2.24) is 0 Å². The number of unbranched alkanes of at least 4 members (excludes halogenated alkanes) is 1. The Hall–Kier alpha value is -0.440. The molecule has 0 unspecified atom stereocenters. The molecule has 0 aliphatic heterocycles. The summed E-state index contributed by atoms with van der Waals surface area (Å²) in [6.07, 6.45) is 10.6. The van der Waals surface area contributed by atoms with Crippen LogP contribution in [0.1, 0.15) is 64.2 Å². The van der Waals surface area contributed by atoms with Crippen LogP contribution in [0.3, 0.4) is 0 Å². The number of carbonyl (C=O) groups excluding carboxylic acids is 1. The highest BCUT2D eigenvalue weighted by atomic mass is 19.1. The second-order valence-corrected chi connectivity index (χ2v) is 6.18. The predicted octanol–water partition coefficient (Wildman–Crippen LogP) is 4.07. The summed E-state index contributed by atoms with van der Waals surface area (Å²) in [5.74, 6) is 2.06. The minimum absolute atomic E-state index is 0.226. The molecule has 2 saturated carbocycles. The van der Waals surface area contributed by atoms with Crippen molar-refractivity contribution in [2.75, 3.05) is 13.3 Å². The molecule has 0 radical (unpaired) electrons. The van der Waals surface area contributed by atoms with E-state index in [1.165, 1.54) is 12.8 Å². The van der Waals surface area contributed by atoms with Gasteiger partial charge in [-0.05, 0) is 63.2 Å². The van der Waals surface area contributed by atoms with Gasteiger partial charge in [0.2, 0.25) is 0 Å². The van der Waals surface area contributed by atoms with Gasteiger partial charge in [0.25, 0.3) is 0 Å². The molecule has 0 spiro atoms. The molecule has 0 N–H and O–H groups in total. The first-order chi connectivity index (χ1) is 9.29. The van der Waals surface area contributed by atoms with Crippen molar-refractivity contribution >= 4 is 5.78 Å². The van der Waals surface area contributed by atoms with Gasteiger partial charge in [-0.2, -0.15) is 0 Å². The van der Waals surface area contributed by atoms with Crippen molar-refractivity contribution < 1.29 is 13.9 Å². The van der Waals surface area contributed by atoms with E-state index >= 15 is 0 Å². The number of alkyl halides is 1. The van der Waals surface area contributed by atoms with Crippen LogP contribution >= 0.6 is 0 Å². The number of ketones is 1. The maximum Gasteiger partial charge on any atom is 0.132 e. The maximum absolute atomic E-state index is 12.0. The number of halogens is 1. The van der Waals surface area contributed by atoms with Gasteiger partial charge in [-0.25, -0.2) is 0 Å². The topological polar surface area (TPSA) is 26.3 Å². The van der Waals surface area contributed by atoms with Crippen molar-refractivity contribution in [2.24, 2.45) is 11.8 Å². The Morgan fingerprint density at radius 2 is 1.58 bits per heavy atom. The van der Waals surface area contributed by atoms with Crippen molar-refractivity contribution in [3.05, 3.63) is 0 Å². The van der Waals surface area contributed by atoms with Crippen molar-refractivity contribution in [2.45, 2.75) is 70.3 Å². The van der Waals surface area contributed by atoms with Gasteiger partial charge in [-0.3, -0.25) is 9.18 Å². The molecule has 0 heterocycles. The van der Waals surface area contributed by atoms with Gasteiger partial charge in [0.1, 0.15) is 5.78 Å². The highest BCUT2D eigenvalue weighted by Crippen LogP contribution is 2.38. The quantitative estimate of drug-likeness (QED) is 0.680. The van der Waals surface area contributed by atoms with Gasteiger partial charge in [0, 0.05) is 19.4 Å². The Morgan fingerprint density at radius 1 is 0.947 bits per heavy atom. The summed E-state index contributed by atoms with van der Waals surface area (Å²) < 4.78 is 17.8. The molecule has 2 rings (SSSR count). The van der Waals surface area contributed by atoms with Crippen LogP contribution in [0.25, 0.3) is 0 Å². The van der Waals surface area contributed by atoms with E-state index in [-0.39, 0.29) is 6.67 Å². The first-order valence-corrected chi connectivity index (χ1v) is 7.99. The van der Waals surface area contributed by atoms with E-state index in [1.807, 2.05) is 0 Å². The largest absolute Gasteiger partial charge is 0.378 e. The van der Waals surface area contributed by atoms with E-state index in [2.05, 4.69) is 0 Å². The van der Waals surface area contributed by atoms with Gasteiger partial charge in [-0.1, -0.05) is 0 Å². The second kappa shape index (κ2) is 7.98. The molecule has 0 bridgehead atoms. The molecule has 2 nitrogen and oxygen atoms in total. The molecule has 0 aromatic rings. The number of rotatable bonds is 6. The second-order valence-electron chi connectivity index (χ2n) is 6.18. The number of hydrogen-bond donors (Lipinski definition) is 0. The zero-order chi connectivity index (χ0) is 13.5. The van der Waals surface area contributed by atoms with E-state index < -0.39 is 0 Å². The number of hydrogen-bond acceptors (Lipinski definition) is 2. The Balaban J connectivity index is 1.61. The van der Waals surface area contributed by atoms with Crippen molar-refractivity contribution in [3.8, 4) is 0 Å². The molecule has 3 heteroatoms. The smallest absolute Gasteiger partial charge is 0.132 e. The molecule has 2 aliphatic rings.